The summed E-state index contributed by atoms with van der Waals surface area (Å²) in [5, 5.41) is 21.6. The number of rotatable bonds is 10. The quantitative estimate of drug-likeness (QED) is 0.549. The third-order valence-corrected chi connectivity index (χ3v) is 2.88. The SMILES string of the molecule is CCCCN(CCO)c1noc(CC[C@@H](N)C(=O)O)n1. The molecule has 0 saturated carbocycles. The Balaban J connectivity index is 2.57. The molecule has 0 unspecified atom stereocenters. The third kappa shape index (κ3) is 5.14. The van der Waals surface area contributed by atoms with E-state index in [4.69, 9.17) is 20.5 Å². The highest BCUT2D eigenvalue weighted by molar-refractivity contribution is 5.72. The van der Waals surface area contributed by atoms with Crippen molar-refractivity contribution in [3.8, 4) is 0 Å². The fourth-order valence-electron chi connectivity index (χ4n) is 1.66. The van der Waals surface area contributed by atoms with Crippen LogP contribution in [-0.4, -0.2) is 52.1 Å². The molecule has 0 amide bonds. The maximum Gasteiger partial charge on any atom is 0.320 e. The zero-order valence-electron chi connectivity index (χ0n) is 11.7. The minimum Gasteiger partial charge on any atom is -0.480 e. The summed E-state index contributed by atoms with van der Waals surface area (Å²) in [5.74, 6) is -0.267. The number of hydrogen-bond donors (Lipinski definition) is 3. The van der Waals surface area contributed by atoms with Gasteiger partial charge in [-0.1, -0.05) is 13.3 Å². The lowest BCUT2D eigenvalue weighted by molar-refractivity contribution is -0.138. The van der Waals surface area contributed by atoms with Crippen molar-refractivity contribution in [1.29, 1.82) is 0 Å². The van der Waals surface area contributed by atoms with E-state index in [0.717, 1.165) is 19.4 Å². The molecular weight excluding hydrogens is 264 g/mol. The number of aliphatic hydroxyl groups is 1. The average Bonchev–Trinajstić information content (AvgIpc) is 2.89. The smallest absolute Gasteiger partial charge is 0.320 e. The van der Waals surface area contributed by atoms with Crippen molar-refractivity contribution in [2.24, 2.45) is 5.73 Å². The number of carboxylic acid groups (broad SMARTS) is 1. The topological polar surface area (TPSA) is 126 Å². The van der Waals surface area contributed by atoms with Gasteiger partial charge in [0.15, 0.2) is 0 Å². The van der Waals surface area contributed by atoms with Crippen molar-refractivity contribution in [2.75, 3.05) is 24.6 Å². The Bertz CT molecular complexity index is 410. The summed E-state index contributed by atoms with van der Waals surface area (Å²) in [7, 11) is 0. The van der Waals surface area contributed by atoms with E-state index in [1.165, 1.54) is 0 Å². The Morgan fingerprint density at radius 2 is 2.25 bits per heavy atom. The van der Waals surface area contributed by atoms with Crippen LogP contribution in [0.5, 0.6) is 0 Å². The molecule has 4 N–H and O–H groups in total. The van der Waals surface area contributed by atoms with Gasteiger partial charge in [0.05, 0.1) is 6.61 Å². The highest BCUT2D eigenvalue weighted by Crippen LogP contribution is 2.12. The number of aryl methyl sites for hydroxylation is 1. The highest BCUT2D eigenvalue weighted by Gasteiger charge is 2.16. The fraction of sp³-hybridized carbons (Fsp3) is 0.750. The molecule has 0 spiro atoms. The molecule has 0 aliphatic carbocycles. The van der Waals surface area contributed by atoms with Gasteiger partial charge in [-0.15, -0.1) is 0 Å². The average molecular weight is 286 g/mol. The van der Waals surface area contributed by atoms with Gasteiger partial charge in [0.2, 0.25) is 5.89 Å². The van der Waals surface area contributed by atoms with Gasteiger partial charge in [-0.25, -0.2) is 0 Å². The first-order chi connectivity index (χ1) is 9.58. The maximum atomic E-state index is 10.6. The van der Waals surface area contributed by atoms with E-state index in [1.54, 1.807) is 0 Å². The molecule has 1 heterocycles. The van der Waals surface area contributed by atoms with Crippen LogP contribution in [0.2, 0.25) is 0 Å². The zero-order chi connectivity index (χ0) is 15.0. The van der Waals surface area contributed by atoms with Gasteiger partial charge in [-0.3, -0.25) is 4.79 Å². The van der Waals surface area contributed by atoms with E-state index in [2.05, 4.69) is 17.1 Å². The Morgan fingerprint density at radius 3 is 2.85 bits per heavy atom. The van der Waals surface area contributed by atoms with Crippen LogP contribution in [0.1, 0.15) is 32.1 Å². The summed E-state index contributed by atoms with van der Waals surface area (Å²) in [4.78, 5) is 16.7. The lowest BCUT2D eigenvalue weighted by atomic mass is 10.2. The van der Waals surface area contributed by atoms with Crippen LogP contribution in [0.15, 0.2) is 4.52 Å². The number of unbranched alkanes of at least 4 members (excludes halogenated alkanes) is 1. The first-order valence-corrected chi connectivity index (χ1v) is 6.75. The molecule has 8 nitrogen and oxygen atoms in total. The van der Waals surface area contributed by atoms with Crippen LogP contribution < -0.4 is 10.6 Å². The molecule has 0 aliphatic heterocycles. The molecule has 8 heteroatoms. The molecule has 0 aromatic carbocycles. The molecule has 0 aliphatic rings. The molecular formula is C12H22N4O4. The summed E-state index contributed by atoms with van der Waals surface area (Å²) in [6.45, 7) is 3.27. The van der Waals surface area contributed by atoms with Gasteiger partial charge in [-0.05, 0) is 18.0 Å². The van der Waals surface area contributed by atoms with E-state index in [1.807, 2.05) is 4.90 Å². The number of carboxylic acids is 1. The van der Waals surface area contributed by atoms with Crippen LogP contribution in [0.25, 0.3) is 0 Å². The van der Waals surface area contributed by atoms with Crippen LogP contribution >= 0.6 is 0 Å². The molecule has 0 fully saturated rings. The predicted molar refractivity (Wildman–Crippen MR) is 72.4 cm³/mol. The van der Waals surface area contributed by atoms with E-state index < -0.39 is 12.0 Å². The number of nitrogens with zero attached hydrogens (tertiary/aromatic N) is 3. The van der Waals surface area contributed by atoms with Crippen LogP contribution in [-0.2, 0) is 11.2 Å². The molecule has 0 radical (unpaired) electrons. The van der Waals surface area contributed by atoms with Crippen molar-refractivity contribution < 1.29 is 19.5 Å². The van der Waals surface area contributed by atoms with Crippen molar-refractivity contribution in [2.45, 2.75) is 38.6 Å². The maximum absolute atomic E-state index is 10.6. The second-order valence-corrected chi connectivity index (χ2v) is 4.54. The van der Waals surface area contributed by atoms with E-state index in [-0.39, 0.29) is 13.0 Å². The lowest BCUT2D eigenvalue weighted by Gasteiger charge is -2.18. The first-order valence-electron chi connectivity index (χ1n) is 6.75. The van der Waals surface area contributed by atoms with Gasteiger partial charge in [0.25, 0.3) is 5.95 Å². The Kier molecular flexibility index (Phi) is 6.96. The largest absolute Gasteiger partial charge is 0.480 e. The molecule has 1 rings (SSSR count). The number of aliphatic carboxylic acids is 1. The van der Waals surface area contributed by atoms with Crippen molar-refractivity contribution in [3.05, 3.63) is 5.89 Å². The van der Waals surface area contributed by atoms with Crippen molar-refractivity contribution in [3.63, 3.8) is 0 Å². The standard InChI is InChI=1S/C12H22N4O4/c1-2-3-6-16(7-8-17)12-14-10(20-15-12)5-4-9(13)11(18)19/h9,17H,2-8,13H2,1H3,(H,18,19)/t9-/m1/s1. The number of anilines is 1. The highest BCUT2D eigenvalue weighted by atomic mass is 16.5. The van der Waals surface area contributed by atoms with Gasteiger partial charge >= 0.3 is 5.97 Å². The zero-order valence-corrected chi connectivity index (χ0v) is 11.7. The summed E-state index contributed by atoms with van der Waals surface area (Å²) in [6.07, 6.45) is 2.56. The van der Waals surface area contributed by atoms with E-state index in [9.17, 15) is 4.79 Å². The van der Waals surface area contributed by atoms with E-state index in [0.29, 0.717) is 24.8 Å². The minimum absolute atomic E-state index is 0.0114. The fourth-order valence-corrected chi connectivity index (χ4v) is 1.66. The summed E-state index contributed by atoms with van der Waals surface area (Å²) in [6, 6.07) is -0.931. The lowest BCUT2D eigenvalue weighted by Crippen LogP contribution is -2.30. The monoisotopic (exact) mass is 286 g/mol. The van der Waals surface area contributed by atoms with Gasteiger partial charge in [0, 0.05) is 19.5 Å². The number of carbonyl (C=O) groups is 1. The first kappa shape index (κ1) is 16.4. The predicted octanol–water partition coefficient (Wildman–Crippen LogP) is 0.0129. The van der Waals surface area contributed by atoms with Crippen LogP contribution in [0.3, 0.4) is 0 Å². The van der Waals surface area contributed by atoms with Crippen molar-refractivity contribution >= 4 is 11.9 Å². The number of nitrogens with two attached hydrogens (primary N) is 1. The third-order valence-electron chi connectivity index (χ3n) is 2.88. The second-order valence-electron chi connectivity index (χ2n) is 4.54. The number of aliphatic hydroxyl groups excluding tert-OH is 1. The number of hydrogen-bond acceptors (Lipinski definition) is 7. The molecule has 1 aromatic heterocycles. The van der Waals surface area contributed by atoms with E-state index >= 15 is 0 Å². The molecule has 20 heavy (non-hydrogen) atoms. The summed E-state index contributed by atoms with van der Waals surface area (Å²) in [5.41, 5.74) is 5.41. The summed E-state index contributed by atoms with van der Waals surface area (Å²) >= 11 is 0. The second kappa shape index (κ2) is 8.49. The normalized spacial score (nSPS) is 12.3. The molecule has 0 saturated heterocycles. The van der Waals surface area contributed by atoms with Crippen LogP contribution in [0, 0.1) is 0 Å². The Labute approximate surface area is 117 Å². The Hall–Kier alpha value is -1.67. The minimum atomic E-state index is -1.05. The van der Waals surface area contributed by atoms with Gasteiger partial charge < -0.3 is 25.4 Å². The number of aromatic nitrogens is 2. The Morgan fingerprint density at radius 1 is 1.50 bits per heavy atom. The van der Waals surface area contributed by atoms with Crippen molar-refractivity contribution in [1.82, 2.24) is 10.1 Å². The summed E-state index contributed by atoms with van der Waals surface area (Å²) < 4.78 is 5.07. The molecule has 114 valence electrons. The van der Waals surface area contributed by atoms with Crippen LogP contribution in [0.4, 0.5) is 5.95 Å². The molecule has 1 atom stereocenters. The van der Waals surface area contributed by atoms with Gasteiger partial charge in [0.1, 0.15) is 6.04 Å². The molecule has 0 bridgehead atoms. The molecule has 1 aromatic rings. The van der Waals surface area contributed by atoms with Gasteiger partial charge in [-0.2, -0.15) is 4.98 Å².